The van der Waals surface area contributed by atoms with Crippen LogP contribution in [0.1, 0.15) is 61.3 Å². The van der Waals surface area contributed by atoms with E-state index < -0.39 is 0 Å². The largest absolute Gasteiger partial charge is 0.353 e. The summed E-state index contributed by atoms with van der Waals surface area (Å²) in [5, 5.41) is 3.16. The quantitative estimate of drug-likeness (QED) is 0.860. The van der Waals surface area contributed by atoms with E-state index in [0.29, 0.717) is 18.7 Å². The number of carbonyl (C=O) groups is 2. The van der Waals surface area contributed by atoms with Crippen molar-refractivity contribution in [1.82, 2.24) is 20.2 Å². The molecule has 1 saturated heterocycles. The summed E-state index contributed by atoms with van der Waals surface area (Å²) in [6.07, 6.45) is 3.32. The van der Waals surface area contributed by atoms with Gasteiger partial charge in [0, 0.05) is 30.6 Å². The highest BCUT2D eigenvalue weighted by Gasteiger charge is 2.26. The number of aromatic nitrogens is 2. The third-order valence-corrected chi connectivity index (χ3v) is 5.81. The van der Waals surface area contributed by atoms with Crippen LogP contribution in [0.15, 0.2) is 18.2 Å². The number of aryl methyl sites for hydroxylation is 2. The molecule has 28 heavy (non-hydrogen) atoms. The Morgan fingerprint density at radius 2 is 1.68 bits per heavy atom. The van der Waals surface area contributed by atoms with Gasteiger partial charge in [0.05, 0.1) is 22.4 Å². The van der Waals surface area contributed by atoms with Gasteiger partial charge in [0.2, 0.25) is 5.91 Å². The van der Waals surface area contributed by atoms with Crippen LogP contribution in [0.25, 0.3) is 11.0 Å². The minimum atomic E-state index is 0.0201. The molecule has 6 nitrogen and oxygen atoms in total. The van der Waals surface area contributed by atoms with Gasteiger partial charge >= 0.3 is 0 Å². The van der Waals surface area contributed by atoms with Crippen molar-refractivity contribution in [3.05, 3.63) is 35.2 Å². The van der Waals surface area contributed by atoms with Crippen LogP contribution in [0.2, 0.25) is 0 Å². The number of benzene rings is 1. The van der Waals surface area contributed by atoms with Crippen LogP contribution in [0, 0.1) is 19.8 Å². The van der Waals surface area contributed by atoms with Gasteiger partial charge in [-0.25, -0.2) is 9.97 Å². The molecule has 6 heteroatoms. The van der Waals surface area contributed by atoms with Gasteiger partial charge in [-0.3, -0.25) is 9.59 Å². The van der Waals surface area contributed by atoms with E-state index in [1.54, 1.807) is 0 Å². The molecule has 0 saturated carbocycles. The zero-order chi connectivity index (χ0) is 20.3. The van der Waals surface area contributed by atoms with Crippen molar-refractivity contribution in [3.8, 4) is 0 Å². The molecule has 0 radical (unpaired) electrons. The molecule has 2 amide bonds. The number of nitrogens with one attached hydrogen (secondary N) is 1. The molecule has 0 spiro atoms. The zero-order valence-corrected chi connectivity index (χ0v) is 17.3. The molecular weight excluding hydrogens is 352 g/mol. The van der Waals surface area contributed by atoms with E-state index in [1.807, 2.05) is 50.8 Å². The van der Waals surface area contributed by atoms with Gasteiger partial charge in [-0.1, -0.05) is 13.8 Å². The van der Waals surface area contributed by atoms with E-state index in [1.165, 1.54) is 0 Å². The van der Waals surface area contributed by atoms with E-state index in [2.05, 4.69) is 15.3 Å². The van der Waals surface area contributed by atoms with Crippen LogP contribution in [-0.2, 0) is 4.79 Å². The molecular formula is C22H30N4O2. The van der Waals surface area contributed by atoms with Gasteiger partial charge in [0.15, 0.2) is 0 Å². The first kappa shape index (κ1) is 20.2. The van der Waals surface area contributed by atoms with Gasteiger partial charge in [-0.2, -0.15) is 0 Å². The molecule has 150 valence electrons. The second-order valence-corrected chi connectivity index (χ2v) is 7.69. The van der Waals surface area contributed by atoms with E-state index in [4.69, 9.17) is 0 Å². The maximum atomic E-state index is 12.9. The molecule has 1 N–H and O–H groups in total. The van der Waals surface area contributed by atoms with Gasteiger partial charge < -0.3 is 10.2 Å². The van der Waals surface area contributed by atoms with Crippen molar-refractivity contribution in [3.63, 3.8) is 0 Å². The SMILES string of the molecule is CCC(CC)C(=O)NC1CCN(C(=O)c2ccc3nc(C)c(C)nc3c2)CC1. The summed E-state index contributed by atoms with van der Waals surface area (Å²) >= 11 is 0. The summed E-state index contributed by atoms with van der Waals surface area (Å²) in [6, 6.07) is 5.68. The van der Waals surface area contributed by atoms with Crippen molar-refractivity contribution in [2.24, 2.45) is 5.92 Å². The van der Waals surface area contributed by atoms with Crippen LogP contribution >= 0.6 is 0 Å². The van der Waals surface area contributed by atoms with Crippen LogP contribution in [0.4, 0.5) is 0 Å². The number of rotatable bonds is 5. The Morgan fingerprint density at radius 3 is 2.29 bits per heavy atom. The van der Waals surface area contributed by atoms with E-state index in [-0.39, 0.29) is 23.8 Å². The standard InChI is InChI=1S/C22H30N4O2/c1-5-16(6-2)21(27)25-18-9-11-26(12-10-18)22(28)17-7-8-19-20(13-17)24-15(4)14(3)23-19/h7-8,13,16,18H,5-6,9-12H2,1-4H3,(H,25,27). The molecule has 0 atom stereocenters. The summed E-state index contributed by atoms with van der Waals surface area (Å²) in [6.45, 7) is 9.27. The maximum absolute atomic E-state index is 12.9. The Kier molecular flexibility index (Phi) is 6.27. The number of carbonyl (C=O) groups excluding carboxylic acids is 2. The molecule has 2 aromatic rings. The molecule has 1 aromatic carbocycles. The smallest absolute Gasteiger partial charge is 0.253 e. The van der Waals surface area contributed by atoms with Crippen molar-refractivity contribution >= 4 is 22.8 Å². The van der Waals surface area contributed by atoms with Gasteiger partial charge in [-0.05, 0) is 57.7 Å². The fraction of sp³-hybridized carbons (Fsp3) is 0.545. The topological polar surface area (TPSA) is 75.2 Å². The van der Waals surface area contributed by atoms with Crippen LogP contribution in [0.5, 0.6) is 0 Å². The van der Waals surface area contributed by atoms with Crippen LogP contribution in [-0.4, -0.2) is 45.8 Å². The fourth-order valence-electron chi connectivity index (χ4n) is 3.75. The number of fused-ring (bicyclic) bond motifs is 1. The molecule has 1 aromatic heterocycles. The summed E-state index contributed by atoms with van der Waals surface area (Å²) < 4.78 is 0. The molecule has 3 rings (SSSR count). The van der Waals surface area contributed by atoms with Crippen LogP contribution in [0.3, 0.4) is 0 Å². The molecule has 0 bridgehead atoms. The fourth-order valence-corrected chi connectivity index (χ4v) is 3.75. The number of piperidine rings is 1. The molecule has 1 aliphatic heterocycles. The third-order valence-electron chi connectivity index (χ3n) is 5.81. The second-order valence-electron chi connectivity index (χ2n) is 7.69. The normalized spacial score (nSPS) is 15.2. The number of hydrogen-bond donors (Lipinski definition) is 1. The molecule has 0 unspecified atom stereocenters. The highest BCUT2D eigenvalue weighted by Crippen LogP contribution is 2.19. The van der Waals surface area contributed by atoms with Gasteiger partial charge in [0.25, 0.3) is 5.91 Å². The van der Waals surface area contributed by atoms with Gasteiger partial charge in [0.1, 0.15) is 0 Å². The Balaban J connectivity index is 1.63. The second kappa shape index (κ2) is 8.67. The molecule has 2 heterocycles. The Bertz CT molecular complexity index is 868. The number of nitrogens with zero attached hydrogens (tertiary/aromatic N) is 3. The highest BCUT2D eigenvalue weighted by atomic mass is 16.2. The molecule has 1 fully saturated rings. The summed E-state index contributed by atoms with van der Waals surface area (Å²) in [5.41, 5.74) is 3.99. The Morgan fingerprint density at radius 1 is 1.07 bits per heavy atom. The highest BCUT2D eigenvalue weighted by molar-refractivity contribution is 5.97. The number of hydrogen-bond acceptors (Lipinski definition) is 4. The third kappa shape index (κ3) is 4.32. The molecule has 1 aliphatic rings. The van der Waals surface area contributed by atoms with E-state index in [0.717, 1.165) is 48.1 Å². The Hall–Kier alpha value is -2.50. The predicted molar refractivity (Wildman–Crippen MR) is 110 cm³/mol. The maximum Gasteiger partial charge on any atom is 0.253 e. The lowest BCUT2D eigenvalue weighted by Crippen LogP contribution is -2.47. The first-order valence-corrected chi connectivity index (χ1v) is 10.3. The van der Waals surface area contributed by atoms with Crippen LogP contribution < -0.4 is 5.32 Å². The summed E-state index contributed by atoms with van der Waals surface area (Å²) in [5.74, 6) is 0.255. The average Bonchev–Trinajstić information content (AvgIpc) is 2.69. The van der Waals surface area contributed by atoms with E-state index in [9.17, 15) is 9.59 Å². The van der Waals surface area contributed by atoms with E-state index >= 15 is 0 Å². The first-order chi connectivity index (χ1) is 13.4. The lowest BCUT2D eigenvalue weighted by atomic mass is 9.99. The van der Waals surface area contributed by atoms with Crippen molar-refractivity contribution in [1.29, 1.82) is 0 Å². The first-order valence-electron chi connectivity index (χ1n) is 10.3. The lowest BCUT2D eigenvalue weighted by Gasteiger charge is -2.33. The minimum absolute atomic E-state index is 0.0201. The number of amides is 2. The molecule has 0 aliphatic carbocycles. The van der Waals surface area contributed by atoms with Gasteiger partial charge in [-0.15, -0.1) is 0 Å². The predicted octanol–water partition coefficient (Wildman–Crippen LogP) is 3.40. The average molecular weight is 383 g/mol. The monoisotopic (exact) mass is 382 g/mol. The summed E-state index contributed by atoms with van der Waals surface area (Å²) in [7, 11) is 0. The van der Waals surface area contributed by atoms with Crippen molar-refractivity contribution < 1.29 is 9.59 Å². The minimum Gasteiger partial charge on any atom is -0.353 e. The zero-order valence-electron chi connectivity index (χ0n) is 17.3. The lowest BCUT2D eigenvalue weighted by molar-refractivity contribution is -0.126. The summed E-state index contributed by atoms with van der Waals surface area (Å²) in [4.78, 5) is 36.2. The van der Waals surface area contributed by atoms with Crippen molar-refractivity contribution in [2.75, 3.05) is 13.1 Å². The Labute approximate surface area is 166 Å². The van der Waals surface area contributed by atoms with Crippen molar-refractivity contribution in [2.45, 2.75) is 59.4 Å². The number of likely N-dealkylation sites (tertiary alicyclic amines) is 1.